The molecule has 9 nitrogen and oxygen atoms in total. The van der Waals surface area contributed by atoms with Gasteiger partial charge in [0, 0.05) is 7.05 Å². The van der Waals surface area contributed by atoms with Crippen LogP contribution in [0.4, 0.5) is 0 Å². The van der Waals surface area contributed by atoms with Gasteiger partial charge in [0.1, 0.15) is 17.0 Å². The molecule has 0 aliphatic carbocycles. The molecule has 9 heteroatoms. The number of hydrazone groups is 1. The summed E-state index contributed by atoms with van der Waals surface area (Å²) in [7, 11) is 1.45. The van der Waals surface area contributed by atoms with Crippen LogP contribution in [0.3, 0.4) is 0 Å². The van der Waals surface area contributed by atoms with E-state index < -0.39 is 34.9 Å². The minimum absolute atomic E-state index is 0.0197. The Kier molecular flexibility index (Phi) is 7.57. The van der Waals surface area contributed by atoms with Crippen molar-refractivity contribution in [2.75, 3.05) is 20.3 Å². The van der Waals surface area contributed by atoms with Crippen molar-refractivity contribution in [3.05, 3.63) is 35.9 Å². The Labute approximate surface area is 175 Å². The van der Waals surface area contributed by atoms with E-state index in [1.807, 2.05) is 30.3 Å². The molecule has 1 aliphatic heterocycles. The minimum atomic E-state index is -1.93. The Bertz CT molecular complexity index is 881. The van der Waals surface area contributed by atoms with Crippen LogP contribution in [0.5, 0.6) is 0 Å². The zero-order valence-corrected chi connectivity index (χ0v) is 17.5. The number of rotatable bonds is 8. The van der Waals surface area contributed by atoms with Crippen LogP contribution in [-0.4, -0.2) is 60.8 Å². The van der Waals surface area contributed by atoms with Gasteiger partial charge < -0.3 is 9.47 Å². The van der Waals surface area contributed by atoms with E-state index in [1.54, 1.807) is 13.8 Å². The molecule has 30 heavy (non-hydrogen) atoms. The lowest BCUT2D eigenvalue weighted by molar-refractivity contribution is -0.157. The quantitative estimate of drug-likeness (QED) is 0.514. The number of benzene rings is 1. The summed E-state index contributed by atoms with van der Waals surface area (Å²) in [6.45, 7) is 4.73. The highest BCUT2D eigenvalue weighted by molar-refractivity contribution is 6.46. The molecule has 1 aromatic rings. The second kappa shape index (κ2) is 9.91. The average Bonchev–Trinajstić information content (AvgIpc) is 2.75. The second-order valence-corrected chi connectivity index (χ2v) is 6.73. The molecule has 2 atom stereocenters. The van der Waals surface area contributed by atoms with E-state index in [0.717, 1.165) is 5.56 Å². The van der Waals surface area contributed by atoms with Crippen molar-refractivity contribution in [3.63, 3.8) is 0 Å². The molecule has 2 rings (SSSR count). The zero-order chi connectivity index (χ0) is 22.3. The van der Waals surface area contributed by atoms with Crippen molar-refractivity contribution in [2.24, 2.45) is 21.4 Å². The largest absolute Gasteiger partial charge is 0.465 e. The second-order valence-electron chi connectivity index (χ2n) is 6.73. The number of hydrogen-bond acceptors (Lipinski definition) is 8. The lowest BCUT2D eigenvalue weighted by Crippen LogP contribution is -2.57. The number of nitrogens with one attached hydrogen (secondary N) is 1. The molecule has 0 aromatic heterocycles. The van der Waals surface area contributed by atoms with Gasteiger partial charge in [-0.3, -0.25) is 20.0 Å². The summed E-state index contributed by atoms with van der Waals surface area (Å²) in [6, 6.07) is 9.21. The van der Waals surface area contributed by atoms with Gasteiger partial charge in [0.15, 0.2) is 0 Å². The SMILES string of the molecule is CCOC(=O)C(=N)C(C)(C(=O)OCC)C1C(=O)N(Cc2ccccc2)N=CC1=NC. The maximum Gasteiger partial charge on any atom is 0.353 e. The van der Waals surface area contributed by atoms with Gasteiger partial charge in [0.05, 0.1) is 31.7 Å². The smallest absolute Gasteiger partial charge is 0.353 e. The van der Waals surface area contributed by atoms with Gasteiger partial charge in [-0.05, 0) is 26.3 Å². The predicted molar refractivity (Wildman–Crippen MR) is 111 cm³/mol. The highest BCUT2D eigenvalue weighted by Gasteiger charge is 2.56. The van der Waals surface area contributed by atoms with Crippen LogP contribution >= 0.6 is 0 Å². The summed E-state index contributed by atoms with van der Waals surface area (Å²) in [5, 5.41) is 13.7. The zero-order valence-electron chi connectivity index (χ0n) is 17.5. The van der Waals surface area contributed by atoms with Gasteiger partial charge in [-0.25, -0.2) is 9.80 Å². The third-order valence-electron chi connectivity index (χ3n) is 4.84. The van der Waals surface area contributed by atoms with Crippen molar-refractivity contribution in [2.45, 2.75) is 27.3 Å². The van der Waals surface area contributed by atoms with E-state index in [-0.39, 0.29) is 25.5 Å². The van der Waals surface area contributed by atoms with Gasteiger partial charge in [-0.2, -0.15) is 5.10 Å². The topological polar surface area (TPSA) is 121 Å². The summed E-state index contributed by atoms with van der Waals surface area (Å²) in [6.07, 6.45) is 1.37. The molecule has 0 saturated heterocycles. The molecule has 0 spiro atoms. The highest BCUT2D eigenvalue weighted by atomic mass is 16.5. The number of esters is 2. The lowest BCUT2D eigenvalue weighted by atomic mass is 9.69. The Morgan fingerprint density at radius 2 is 1.83 bits per heavy atom. The van der Waals surface area contributed by atoms with Crippen molar-refractivity contribution in [1.29, 1.82) is 5.41 Å². The van der Waals surface area contributed by atoms with E-state index in [0.29, 0.717) is 0 Å². The molecule has 1 aliphatic rings. The van der Waals surface area contributed by atoms with Crippen LogP contribution in [0, 0.1) is 16.7 Å². The first-order valence-electron chi connectivity index (χ1n) is 9.60. The lowest BCUT2D eigenvalue weighted by Gasteiger charge is -2.37. The molecular formula is C21H26N4O5. The van der Waals surface area contributed by atoms with Crippen LogP contribution in [0.2, 0.25) is 0 Å². The highest BCUT2D eigenvalue weighted by Crippen LogP contribution is 2.36. The van der Waals surface area contributed by atoms with E-state index in [9.17, 15) is 14.4 Å². The molecule has 1 aromatic carbocycles. The standard InChI is InChI=1S/C21H26N4O5/c1-5-29-19(27)17(22)21(3,20(28)30-6-2)16-15(23-4)12-24-25(18(16)26)13-14-10-8-7-9-11-14/h7-12,16,22H,5-6,13H2,1-4H3. The van der Waals surface area contributed by atoms with Crippen molar-refractivity contribution in [3.8, 4) is 0 Å². The minimum Gasteiger partial charge on any atom is -0.465 e. The monoisotopic (exact) mass is 414 g/mol. The third-order valence-corrected chi connectivity index (χ3v) is 4.84. The number of hydrogen-bond donors (Lipinski definition) is 1. The van der Waals surface area contributed by atoms with Gasteiger partial charge >= 0.3 is 11.9 Å². The number of carbonyl (C=O) groups excluding carboxylic acids is 3. The van der Waals surface area contributed by atoms with Crippen LogP contribution in [-0.2, 0) is 30.4 Å². The Balaban J connectivity index is 2.52. The number of aliphatic imine (C=N–C) groups is 1. The molecule has 0 radical (unpaired) electrons. The molecular weight excluding hydrogens is 388 g/mol. The fourth-order valence-electron chi connectivity index (χ4n) is 3.20. The molecule has 0 fully saturated rings. The Hall–Kier alpha value is -3.36. The van der Waals surface area contributed by atoms with E-state index >= 15 is 0 Å². The van der Waals surface area contributed by atoms with Crippen LogP contribution in [0.25, 0.3) is 0 Å². The maximum atomic E-state index is 13.4. The van der Waals surface area contributed by atoms with E-state index in [2.05, 4.69) is 10.1 Å². The summed E-state index contributed by atoms with van der Waals surface area (Å²) < 4.78 is 10.1. The third kappa shape index (κ3) is 4.45. The average molecular weight is 414 g/mol. The predicted octanol–water partition coefficient (Wildman–Crippen LogP) is 1.85. The molecule has 0 bridgehead atoms. The molecule has 0 saturated carbocycles. The van der Waals surface area contributed by atoms with Gasteiger partial charge in [-0.1, -0.05) is 30.3 Å². The fraction of sp³-hybridized carbons (Fsp3) is 0.429. The summed E-state index contributed by atoms with van der Waals surface area (Å²) in [4.78, 5) is 42.8. The first-order chi connectivity index (χ1) is 14.3. The summed E-state index contributed by atoms with van der Waals surface area (Å²) in [5.41, 5.74) is -1.60. The summed E-state index contributed by atoms with van der Waals surface area (Å²) in [5.74, 6) is -3.70. The molecule has 1 N–H and O–H groups in total. The number of nitrogens with zero attached hydrogens (tertiary/aromatic N) is 3. The normalized spacial score (nSPS) is 19.3. The maximum absolute atomic E-state index is 13.4. The number of ether oxygens (including phenoxy) is 2. The first-order valence-corrected chi connectivity index (χ1v) is 9.60. The van der Waals surface area contributed by atoms with E-state index in [4.69, 9.17) is 14.9 Å². The molecule has 2 unspecified atom stereocenters. The van der Waals surface area contributed by atoms with Crippen molar-refractivity contribution >= 4 is 35.5 Å². The van der Waals surface area contributed by atoms with Gasteiger partial charge in [0.25, 0.3) is 5.91 Å². The van der Waals surface area contributed by atoms with Gasteiger partial charge in [-0.15, -0.1) is 0 Å². The Morgan fingerprint density at radius 3 is 2.40 bits per heavy atom. The molecule has 1 amide bonds. The van der Waals surface area contributed by atoms with Gasteiger partial charge in [0.2, 0.25) is 0 Å². The van der Waals surface area contributed by atoms with Crippen LogP contribution < -0.4 is 0 Å². The van der Waals surface area contributed by atoms with Crippen LogP contribution in [0.15, 0.2) is 40.4 Å². The van der Waals surface area contributed by atoms with Crippen molar-refractivity contribution in [1.82, 2.24) is 5.01 Å². The molecule has 1 heterocycles. The number of carbonyl (C=O) groups is 3. The Morgan fingerprint density at radius 1 is 1.20 bits per heavy atom. The summed E-state index contributed by atoms with van der Waals surface area (Å²) >= 11 is 0. The number of amides is 1. The van der Waals surface area contributed by atoms with Crippen LogP contribution in [0.1, 0.15) is 26.3 Å². The van der Waals surface area contributed by atoms with E-state index in [1.165, 1.54) is 25.2 Å². The fourth-order valence-corrected chi connectivity index (χ4v) is 3.20. The first kappa shape index (κ1) is 22.9. The van der Waals surface area contributed by atoms with Crippen molar-refractivity contribution < 1.29 is 23.9 Å². The molecule has 160 valence electrons.